The quantitative estimate of drug-likeness (QED) is 0.380. The van der Waals surface area contributed by atoms with Gasteiger partial charge in [0.15, 0.2) is 5.84 Å². The molecule has 2 rings (SSSR count). The smallest absolute Gasteiger partial charge is 0.170 e. The van der Waals surface area contributed by atoms with Crippen LogP contribution in [0.5, 0.6) is 0 Å². The highest BCUT2D eigenvalue weighted by atomic mass is 79.9. The van der Waals surface area contributed by atoms with Crippen LogP contribution in [0.1, 0.15) is 18.1 Å². The molecule has 2 aromatic carbocycles. The van der Waals surface area contributed by atoms with Crippen molar-refractivity contribution in [2.24, 2.45) is 10.9 Å². The van der Waals surface area contributed by atoms with E-state index in [9.17, 15) is 0 Å². The molecule has 0 radical (unpaired) electrons. The van der Waals surface area contributed by atoms with Gasteiger partial charge in [-0.2, -0.15) is 0 Å². The summed E-state index contributed by atoms with van der Waals surface area (Å²) in [7, 11) is 0. The molecule has 0 aliphatic carbocycles. The summed E-state index contributed by atoms with van der Waals surface area (Å²) in [5.74, 6) is 0.0980. The predicted molar refractivity (Wildman–Crippen MR) is 90.5 cm³/mol. The largest absolute Gasteiger partial charge is 0.409 e. The minimum Gasteiger partial charge on any atom is -0.409 e. The number of halogens is 1. The van der Waals surface area contributed by atoms with Gasteiger partial charge in [-0.25, -0.2) is 0 Å². The molecular formula is C16H18BrN3O. The summed E-state index contributed by atoms with van der Waals surface area (Å²) < 4.78 is 0.898. The van der Waals surface area contributed by atoms with Crippen LogP contribution in [-0.4, -0.2) is 17.6 Å². The highest BCUT2D eigenvalue weighted by molar-refractivity contribution is 9.10. The molecule has 0 heterocycles. The van der Waals surface area contributed by atoms with Crippen LogP contribution in [0.3, 0.4) is 0 Å². The Morgan fingerprint density at radius 2 is 2.05 bits per heavy atom. The van der Waals surface area contributed by atoms with Crippen LogP contribution >= 0.6 is 15.9 Å². The summed E-state index contributed by atoms with van der Waals surface area (Å²) in [6, 6.07) is 14.0. The average Bonchev–Trinajstić information content (AvgIpc) is 2.49. The zero-order valence-corrected chi connectivity index (χ0v) is 13.6. The lowest BCUT2D eigenvalue weighted by Gasteiger charge is -2.25. The van der Waals surface area contributed by atoms with Gasteiger partial charge in [-0.1, -0.05) is 17.3 Å². The average molecular weight is 348 g/mol. The summed E-state index contributed by atoms with van der Waals surface area (Å²) in [5, 5.41) is 11.8. The van der Waals surface area contributed by atoms with E-state index in [4.69, 9.17) is 10.9 Å². The maximum absolute atomic E-state index is 8.75. The van der Waals surface area contributed by atoms with Gasteiger partial charge in [0.1, 0.15) is 0 Å². The number of rotatable bonds is 4. The Kier molecular flexibility index (Phi) is 4.85. The zero-order valence-electron chi connectivity index (χ0n) is 12.0. The second-order valence-electron chi connectivity index (χ2n) is 4.73. The van der Waals surface area contributed by atoms with Crippen molar-refractivity contribution in [1.29, 1.82) is 0 Å². The Morgan fingerprint density at radius 3 is 2.62 bits per heavy atom. The van der Waals surface area contributed by atoms with Crippen molar-refractivity contribution in [1.82, 2.24) is 0 Å². The van der Waals surface area contributed by atoms with Crippen molar-refractivity contribution in [3.05, 3.63) is 58.1 Å². The zero-order chi connectivity index (χ0) is 15.4. The molecule has 21 heavy (non-hydrogen) atoms. The first kappa shape index (κ1) is 15.4. The number of nitrogens with zero attached hydrogens (tertiary/aromatic N) is 2. The number of aryl methyl sites for hydroxylation is 1. The van der Waals surface area contributed by atoms with Gasteiger partial charge in [-0.3, -0.25) is 0 Å². The Hall–Kier alpha value is -2.01. The summed E-state index contributed by atoms with van der Waals surface area (Å²) in [4.78, 5) is 2.20. The van der Waals surface area contributed by atoms with E-state index < -0.39 is 0 Å². The molecule has 0 unspecified atom stereocenters. The second-order valence-corrected chi connectivity index (χ2v) is 5.59. The Labute approximate surface area is 133 Å². The molecule has 110 valence electrons. The molecule has 0 bridgehead atoms. The third-order valence-corrected chi connectivity index (χ3v) is 3.91. The van der Waals surface area contributed by atoms with Crippen molar-refractivity contribution >= 4 is 33.1 Å². The fourth-order valence-electron chi connectivity index (χ4n) is 2.23. The topological polar surface area (TPSA) is 61.8 Å². The molecule has 0 aromatic heterocycles. The van der Waals surface area contributed by atoms with E-state index in [1.165, 1.54) is 5.56 Å². The maximum Gasteiger partial charge on any atom is 0.170 e. The number of hydrogen-bond donors (Lipinski definition) is 2. The Balaban J connectivity index is 2.44. The van der Waals surface area contributed by atoms with Gasteiger partial charge in [0.2, 0.25) is 0 Å². The molecule has 3 N–H and O–H groups in total. The van der Waals surface area contributed by atoms with Gasteiger partial charge < -0.3 is 15.8 Å². The first-order valence-electron chi connectivity index (χ1n) is 6.68. The highest BCUT2D eigenvalue weighted by Gasteiger charge is 2.12. The number of oxime groups is 1. The van der Waals surface area contributed by atoms with Crippen LogP contribution in [0.2, 0.25) is 0 Å². The molecule has 0 aliphatic rings. The van der Waals surface area contributed by atoms with Gasteiger partial charge in [-0.15, -0.1) is 0 Å². The van der Waals surface area contributed by atoms with Crippen LogP contribution in [0, 0.1) is 6.92 Å². The third kappa shape index (κ3) is 3.36. The molecule has 0 fully saturated rings. The van der Waals surface area contributed by atoms with Gasteiger partial charge in [0.25, 0.3) is 0 Å². The van der Waals surface area contributed by atoms with Gasteiger partial charge >= 0.3 is 0 Å². The Bertz CT molecular complexity index is 670. The van der Waals surface area contributed by atoms with Crippen molar-refractivity contribution in [3.8, 4) is 0 Å². The molecule has 0 spiro atoms. The lowest BCUT2D eigenvalue weighted by atomic mass is 10.1. The van der Waals surface area contributed by atoms with E-state index in [0.29, 0.717) is 5.56 Å². The fraction of sp³-hybridized carbons (Fsp3) is 0.188. The monoisotopic (exact) mass is 347 g/mol. The lowest BCUT2D eigenvalue weighted by Crippen LogP contribution is -2.18. The van der Waals surface area contributed by atoms with Crippen LogP contribution < -0.4 is 10.6 Å². The van der Waals surface area contributed by atoms with E-state index in [2.05, 4.69) is 58.0 Å². The lowest BCUT2D eigenvalue weighted by molar-refractivity contribution is 0.318. The number of hydrogen-bond acceptors (Lipinski definition) is 3. The summed E-state index contributed by atoms with van der Waals surface area (Å²) in [5.41, 5.74) is 9.68. The predicted octanol–water partition coefficient (Wildman–Crippen LogP) is 4.01. The molecular weight excluding hydrogens is 330 g/mol. The fourth-order valence-corrected chi connectivity index (χ4v) is 2.82. The van der Waals surface area contributed by atoms with Gasteiger partial charge in [0, 0.05) is 22.3 Å². The van der Waals surface area contributed by atoms with Crippen molar-refractivity contribution in [2.75, 3.05) is 11.4 Å². The van der Waals surface area contributed by atoms with Crippen LogP contribution in [-0.2, 0) is 0 Å². The third-order valence-electron chi connectivity index (χ3n) is 3.27. The molecule has 2 aromatic rings. The van der Waals surface area contributed by atoms with Crippen molar-refractivity contribution in [3.63, 3.8) is 0 Å². The number of benzene rings is 2. The van der Waals surface area contributed by atoms with Crippen molar-refractivity contribution in [2.45, 2.75) is 13.8 Å². The summed E-state index contributed by atoms with van der Waals surface area (Å²) in [6.07, 6.45) is 0. The van der Waals surface area contributed by atoms with Crippen molar-refractivity contribution < 1.29 is 5.21 Å². The minimum atomic E-state index is 0.0980. The molecule has 4 nitrogen and oxygen atoms in total. The summed E-state index contributed by atoms with van der Waals surface area (Å²) >= 11 is 3.57. The van der Waals surface area contributed by atoms with E-state index in [1.807, 2.05) is 24.3 Å². The van der Waals surface area contributed by atoms with Gasteiger partial charge in [0.05, 0.1) is 5.69 Å². The van der Waals surface area contributed by atoms with E-state index in [1.54, 1.807) is 0 Å². The SMILES string of the molecule is CCN(c1cccc(C)c1)c1ccc(/C(N)=N/O)cc1Br. The molecule has 0 saturated heterocycles. The van der Waals surface area contributed by atoms with E-state index in [-0.39, 0.29) is 5.84 Å². The second kappa shape index (κ2) is 6.63. The Morgan fingerprint density at radius 1 is 1.29 bits per heavy atom. The molecule has 0 saturated carbocycles. The van der Waals surface area contributed by atoms with Crippen LogP contribution in [0.25, 0.3) is 0 Å². The summed E-state index contributed by atoms with van der Waals surface area (Å²) in [6.45, 7) is 5.02. The van der Waals surface area contributed by atoms with Gasteiger partial charge in [-0.05, 0) is 65.7 Å². The highest BCUT2D eigenvalue weighted by Crippen LogP contribution is 2.33. The number of nitrogens with two attached hydrogens (primary N) is 1. The molecule has 0 amide bonds. The number of anilines is 2. The minimum absolute atomic E-state index is 0.0980. The standard InChI is InChI=1S/C16H18BrN3O/c1-3-20(13-6-4-5-11(2)9-13)15-8-7-12(10-14(15)17)16(18)19-21/h4-10,21H,3H2,1-2H3,(H2,18,19). The molecule has 5 heteroatoms. The van der Waals surface area contributed by atoms with E-state index >= 15 is 0 Å². The van der Waals surface area contributed by atoms with E-state index in [0.717, 1.165) is 22.4 Å². The van der Waals surface area contributed by atoms with Crippen LogP contribution in [0.4, 0.5) is 11.4 Å². The molecule has 0 atom stereocenters. The number of amidine groups is 1. The molecule has 0 aliphatic heterocycles. The first-order valence-corrected chi connectivity index (χ1v) is 7.47. The normalized spacial score (nSPS) is 11.5. The maximum atomic E-state index is 8.75. The van der Waals surface area contributed by atoms with Crippen LogP contribution in [0.15, 0.2) is 52.1 Å². The first-order chi connectivity index (χ1) is 10.1.